The summed E-state index contributed by atoms with van der Waals surface area (Å²) in [5.41, 5.74) is -0.822. The molecule has 0 bridgehead atoms. The summed E-state index contributed by atoms with van der Waals surface area (Å²) in [7, 11) is -2.04. The van der Waals surface area contributed by atoms with Crippen LogP contribution in [0.4, 0.5) is 13.2 Å². The number of hydrogen-bond acceptors (Lipinski definition) is 3. The van der Waals surface area contributed by atoms with E-state index in [1.165, 1.54) is 0 Å². The summed E-state index contributed by atoms with van der Waals surface area (Å²) in [5, 5.41) is 16.7. The van der Waals surface area contributed by atoms with Gasteiger partial charge in [-0.15, -0.1) is 0 Å². The van der Waals surface area contributed by atoms with E-state index in [2.05, 4.69) is 4.65 Å². The average molecular weight is 230 g/mol. The van der Waals surface area contributed by atoms with E-state index in [4.69, 9.17) is 10.0 Å². The minimum absolute atomic E-state index is 0. The molecule has 0 aliphatic heterocycles. The van der Waals surface area contributed by atoms with Crippen molar-refractivity contribution in [2.24, 2.45) is 0 Å². The molecule has 8 heteroatoms. The van der Waals surface area contributed by atoms with Crippen LogP contribution in [0.15, 0.2) is 24.3 Å². The van der Waals surface area contributed by atoms with E-state index < -0.39 is 19.1 Å². The molecule has 3 nitrogen and oxygen atoms in total. The Morgan fingerprint density at radius 2 is 1.53 bits per heavy atom. The van der Waals surface area contributed by atoms with Crippen molar-refractivity contribution >= 4 is 36.9 Å². The van der Waals surface area contributed by atoms with E-state index in [1.807, 2.05) is 0 Å². The first-order valence-electron chi connectivity index (χ1n) is 3.59. The molecule has 0 atom stereocenters. The molecule has 0 amide bonds. The van der Waals surface area contributed by atoms with Crippen molar-refractivity contribution in [2.75, 3.05) is 0 Å². The third kappa shape index (κ3) is 4.90. The van der Waals surface area contributed by atoms with Crippen LogP contribution in [0.1, 0.15) is 5.56 Å². The summed E-state index contributed by atoms with van der Waals surface area (Å²) < 4.78 is 40.5. The Balaban J connectivity index is 0.00000196. The van der Waals surface area contributed by atoms with Crippen LogP contribution < -0.4 is 4.65 Å². The second-order valence-corrected chi connectivity index (χ2v) is 2.47. The van der Waals surface area contributed by atoms with Gasteiger partial charge in [-0.05, 0) is 24.3 Å². The molecular formula is C7H7BF3NaO3. The van der Waals surface area contributed by atoms with Crippen molar-refractivity contribution in [2.45, 2.75) is 6.18 Å². The predicted molar refractivity (Wildman–Crippen MR) is 49.4 cm³/mol. The van der Waals surface area contributed by atoms with Crippen molar-refractivity contribution in [3.8, 4) is 5.75 Å². The van der Waals surface area contributed by atoms with Crippen molar-refractivity contribution in [3.63, 3.8) is 0 Å². The van der Waals surface area contributed by atoms with Gasteiger partial charge in [0.15, 0.2) is 0 Å². The summed E-state index contributed by atoms with van der Waals surface area (Å²) >= 11 is 0. The Labute approximate surface area is 106 Å². The van der Waals surface area contributed by atoms with Crippen molar-refractivity contribution in [1.29, 1.82) is 0 Å². The third-order valence-electron chi connectivity index (χ3n) is 1.42. The molecule has 15 heavy (non-hydrogen) atoms. The van der Waals surface area contributed by atoms with Gasteiger partial charge in [-0.2, -0.15) is 13.2 Å². The molecule has 78 valence electrons. The van der Waals surface area contributed by atoms with Gasteiger partial charge >= 0.3 is 43.1 Å². The first kappa shape index (κ1) is 14.8. The van der Waals surface area contributed by atoms with Crippen LogP contribution in [-0.2, 0) is 6.18 Å². The van der Waals surface area contributed by atoms with Gasteiger partial charge in [-0.25, -0.2) is 0 Å². The molecule has 0 spiro atoms. The van der Waals surface area contributed by atoms with E-state index in [0.29, 0.717) is 0 Å². The van der Waals surface area contributed by atoms with E-state index in [9.17, 15) is 13.2 Å². The normalized spacial score (nSPS) is 10.5. The topological polar surface area (TPSA) is 49.7 Å². The number of halogens is 3. The summed E-state index contributed by atoms with van der Waals surface area (Å²) in [6.07, 6.45) is -4.41. The number of benzene rings is 1. The second kappa shape index (κ2) is 5.76. The van der Waals surface area contributed by atoms with Gasteiger partial charge in [0.1, 0.15) is 5.75 Å². The Morgan fingerprint density at radius 1 is 1.07 bits per heavy atom. The SMILES string of the molecule is OB(O)Oc1ccc(C(F)(F)F)cc1.[NaH]. The van der Waals surface area contributed by atoms with Gasteiger partial charge in [-0.3, -0.25) is 0 Å². The van der Waals surface area contributed by atoms with E-state index in [1.54, 1.807) is 0 Å². The molecule has 0 saturated heterocycles. The van der Waals surface area contributed by atoms with Crippen LogP contribution in [0.2, 0.25) is 0 Å². The Hall–Kier alpha value is -0.205. The fraction of sp³-hybridized carbons (Fsp3) is 0.143. The molecule has 0 aliphatic carbocycles. The first-order valence-corrected chi connectivity index (χ1v) is 3.59. The molecule has 0 unspecified atom stereocenters. The summed E-state index contributed by atoms with van der Waals surface area (Å²) in [4.78, 5) is 0. The van der Waals surface area contributed by atoms with Crippen LogP contribution in [-0.4, -0.2) is 46.9 Å². The van der Waals surface area contributed by atoms with Crippen molar-refractivity contribution in [1.82, 2.24) is 0 Å². The fourth-order valence-electron chi connectivity index (χ4n) is 0.844. The van der Waals surface area contributed by atoms with Gasteiger partial charge in [0.2, 0.25) is 0 Å². The molecule has 2 N–H and O–H groups in total. The van der Waals surface area contributed by atoms with E-state index in [0.717, 1.165) is 24.3 Å². The first-order chi connectivity index (χ1) is 6.39. The van der Waals surface area contributed by atoms with Crippen LogP contribution in [0.5, 0.6) is 5.75 Å². The molecule has 1 rings (SSSR count). The minimum atomic E-state index is -4.41. The number of alkyl halides is 3. The summed E-state index contributed by atoms with van der Waals surface area (Å²) in [6.45, 7) is 0. The zero-order chi connectivity index (χ0) is 10.8. The van der Waals surface area contributed by atoms with Crippen molar-refractivity contribution < 1.29 is 27.9 Å². The quantitative estimate of drug-likeness (QED) is 0.723. The Bertz CT molecular complexity index is 301. The zero-order valence-corrected chi connectivity index (χ0v) is 6.82. The standard InChI is InChI=1S/C7H6BF3O3.Na.H/c9-7(10,11)5-1-3-6(4-2-5)14-8(12)13;;/h1-4,12-13H;;. The van der Waals surface area contributed by atoms with E-state index >= 15 is 0 Å². The Kier molecular flexibility index (Phi) is 5.68. The van der Waals surface area contributed by atoms with Gasteiger partial charge in [0.05, 0.1) is 5.56 Å². The Morgan fingerprint density at radius 3 is 1.87 bits per heavy atom. The fourth-order valence-corrected chi connectivity index (χ4v) is 0.844. The molecule has 0 aliphatic rings. The molecule has 1 aromatic carbocycles. The second-order valence-electron chi connectivity index (χ2n) is 2.47. The van der Waals surface area contributed by atoms with Gasteiger partial charge in [-0.1, -0.05) is 0 Å². The zero-order valence-electron chi connectivity index (χ0n) is 6.82. The predicted octanol–water partition coefficient (Wildman–Crippen LogP) is 0.405. The van der Waals surface area contributed by atoms with Crippen molar-refractivity contribution in [3.05, 3.63) is 29.8 Å². The third-order valence-corrected chi connectivity index (χ3v) is 1.42. The molecular weight excluding hydrogens is 223 g/mol. The molecule has 0 heterocycles. The molecule has 0 aromatic heterocycles. The van der Waals surface area contributed by atoms with Crippen LogP contribution in [0, 0.1) is 0 Å². The summed E-state index contributed by atoms with van der Waals surface area (Å²) in [5.74, 6) is -0.0481. The average Bonchev–Trinajstić information content (AvgIpc) is 2.02. The van der Waals surface area contributed by atoms with Gasteiger partial charge in [0.25, 0.3) is 0 Å². The maximum absolute atomic E-state index is 12.0. The number of rotatable bonds is 2. The number of hydrogen-bond donors (Lipinski definition) is 2. The monoisotopic (exact) mass is 230 g/mol. The van der Waals surface area contributed by atoms with E-state index in [-0.39, 0.29) is 35.3 Å². The molecule has 0 fully saturated rings. The van der Waals surface area contributed by atoms with Gasteiger partial charge in [0, 0.05) is 0 Å². The van der Waals surface area contributed by atoms with Gasteiger partial charge < -0.3 is 14.7 Å². The van der Waals surface area contributed by atoms with Crippen LogP contribution in [0.3, 0.4) is 0 Å². The van der Waals surface area contributed by atoms with Crippen LogP contribution in [0.25, 0.3) is 0 Å². The molecule has 0 saturated carbocycles. The maximum atomic E-state index is 12.0. The van der Waals surface area contributed by atoms with Crippen LogP contribution >= 0.6 is 0 Å². The molecule has 0 radical (unpaired) electrons. The molecule has 1 aromatic rings. The summed E-state index contributed by atoms with van der Waals surface area (Å²) in [6, 6.07) is 3.58.